The fraction of sp³-hybridized carbons (Fsp3) is 0.462. The average molecular weight is 471 g/mol. The number of likely N-dealkylation sites (tertiary alicyclic amines) is 1. The zero-order valence-electron chi connectivity index (χ0n) is 20.1. The topological polar surface area (TPSA) is 133 Å². The number of urea groups is 1. The number of amides is 3. The predicted octanol–water partition coefficient (Wildman–Crippen LogP) is 2.89. The summed E-state index contributed by atoms with van der Waals surface area (Å²) in [7, 11) is 0. The lowest BCUT2D eigenvalue weighted by atomic mass is 9.93. The number of benzene rings is 2. The number of phenolic OH excluding ortho intramolecular Hbond substituents is 2. The standard InChI is InChI=1S/C26H35N3O5/c1-17-6-5-9-29(17,25(27)34)24(33)11-18-7-4-8-19(10-18)15-26(2,3)28-16-23(32)20-12-21(30)14-22(31)13-20/h4,7-8,10,12-14,17,23,28,32H,5-6,9,11,15-16H2,1-3H3,(H3-,27,30,31,34)/p+1/t17-,23?,29?/m1/s1. The van der Waals surface area contributed by atoms with E-state index in [0.717, 1.165) is 24.0 Å². The number of nitrogens with one attached hydrogen (secondary N) is 1. The first-order valence-corrected chi connectivity index (χ1v) is 11.7. The van der Waals surface area contributed by atoms with Gasteiger partial charge >= 0.3 is 11.9 Å². The van der Waals surface area contributed by atoms with Gasteiger partial charge in [-0.3, -0.25) is 0 Å². The second-order valence-electron chi connectivity index (χ2n) is 10.1. The van der Waals surface area contributed by atoms with Gasteiger partial charge in [-0.15, -0.1) is 0 Å². The van der Waals surface area contributed by atoms with Crippen molar-refractivity contribution in [1.29, 1.82) is 0 Å². The van der Waals surface area contributed by atoms with Crippen LogP contribution in [0, 0.1) is 0 Å². The number of phenols is 2. The maximum atomic E-state index is 13.1. The third-order valence-corrected chi connectivity index (χ3v) is 6.80. The molecule has 8 nitrogen and oxygen atoms in total. The maximum Gasteiger partial charge on any atom is 0.421 e. The summed E-state index contributed by atoms with van der Waals surface area (Å²) >= 11 is 0. The highest BCUT2D eigenvalue weighted by molar-refractivity contribution is 5.84. The van der Waals surface area contributed by atoms with Crippen LogP contribution in [0.4, 0.5) is 4.79 Å². The Morgan fingerprint density at radius 3 is 2.38 bits per heavy atom. The molecule has 1 fully saturated rings. The predicted molar refractivity (Wildman–Crippen MR) is 129 cm³/mol. The molecule has 1 aliphatic rings. The molecule has 3 atom stereocenters. The van der Waals surface area contributed by atoms with Crippen LogP contribution in [0.3, 0.4) is 0 Å². The van der Waals surface area contributed by atoms with E-state index in [2.05, 4.69) is 5.32 Å². The largest absolute Gasteiger partial charge is 0.508 e. The summed E-state index contributed by atoms with van der Waals surface area (Å²) in [5.41, 5.74) is 7.56. The molecular weight excluding hydrogens is 434 g/mol. The van der Waals surface area contributed by atoms with Gasteiger partial charge in [-0.2, -0.15) is 4.48 Å². The molecule has 6 N–H and O–H groups in total. The van der Waals surface area contributed by atoms with Gasteiger partial charge in [-0.1, -0.05) is 24.3 Å². The number of imide groups is 1. The summed E-state index contributed by atoms with van der Waals surface area (Å²) < 4.78 is -0.278. The maximum absolute atomic E-state index is 13.1. The molecule has 3 amide bonds. The monoisotopic (exact) mass is 470 g/mol. The summed E-state index contributed by atoms with van der Waals surface area (Å²) in [5.74, 6) is -0.378. The molecule has 0 aliphatic carbocycles. The summed E-state index contributed by atoms with van der Waals surface area (Å²) in [6.07, 6.45) is 1.50. The van der Waals surface area contributed by atoms with Gasteiger partial charge < -0.3 is 26.4 Å². The first-order chi connectivity index (χ1) is 15.9. The van der Waals surface area contributed by atoms with Crippen LogP contribution in [0.1, 0.15) is 56.4 Å². The Balaban J connectivity index is 1.64. The van der Waals surface area contributed by atoms with Gasteiger partial charge in [-0.25, -0.2) is 9.59 Å². The number of rotatable bonds is 8. The summed E-state index contributed by atoms with van der Waals surface area (Å²) in [5, 5.41) is 33.1. The van der Waals surface area contributed by atoms with Crippen molar-refractivity contribution in [3.8, 4) is 11.5 Å². The quantitative estimate of drug-likeness (QED) is 0.377. The molecule has 0 saturated carbocycles. The molecule has 1 saturated heterocycles. The van der Waals surface area contributed by atoms with Crippen molar-refractivity contribution < 1.29 is 29.4 Å². The number of quaternary nitrogens is 1. The van der Waals surface area contributed by atoms with Gasteiger partial charge in [0.05, 0.1) is 19.1 Å². The highest BCUT2D eigenvalue weighted by atomic mass is 16.3. The molecule has 34 heavy (non-hydrogen) atoms. The molecule has 1 heterocycles. The van der Waals surface area contributed by atoms with Gasteiger partial charge in [0.25, 0.3) is 0 Å². The van der Waals surface area contributed by atoms with Crippen molar-refractivity contribution in [3.63, 3.8) is 0 Å². The number of hydrogen-bond donors (Lipinski definition) is 5. The molecule has 0 aromatic heterocycles. The fourth-order valence-electron chi connectivity index (χ4n) is 4.94. The van der Waals surface area contributed by atoms with E-state index in [4.69, 9.17) is 5.73 Å². The fourth-order valence-corrected chi connectivity index (χ4v) is 4.94. The first kappa shape index (κ1) is 25.7. The number of aliphatic hydroxyl groups is 1. The van der Waals surface area contributed by atoms with E-state index in [1.165, 1.54) is 18.2 Å². The van der Waals surface area contributed by atoms with E-state index in [1.54, 1.807) is 0 Å². The highest BCUT2D eigenvalue weighted by Gasteiger charge is 2.50. The van der Waals surface area contributed by atoms with E-state index in [0.29, 0.717) is 18.5 Å². The minimum absolute atomic E-state index is 0.101. The van der Waals surface area contributed by atoms with E-state index >= 15 is 0 Å². The van der Waals surface area contributed by atoms with Crippen LogP contribution in [-0.4, -0.2) is 56.4 Å². The second-order valence-corrected chi connectivity index (χ2v) is 10.1. The molecule has 2 aromatic carbocycles. The zero-order valence-corrected chi connectivity index (χ0v) is 20.1. The first-order valence-electron chi connectivity index (χ1n) is 11.7. The number of β-amino-alcohol motifs (C(OH)–C–C–N with tert-alkyl or cyclic N) is 1. The van der Waals surface area contributed by atoms with E-state index < -0.39 is 12.1 Å². The second kappa shape index (κ2) is 10.1. The highest BCUT2D eigenvalue weighted by Crippen LogP contribution is 2.29. The number of aromatic hydroxyl groups is 2. The molecule has 2 unspecified atom stereocenters. The summed E-state index contributed by atoms with van der Waals surface area (Å²) in [6, 6.07) is 11.1. The molecule has 184 valence electrons. The average Bonchev–Trinajstić information content (AvgIpc) is 3.14. The number of primary amides is 1. The van der Waals surface area contributed by atoms with Gasteiger partial charge in [0.1, 0.15) is 17.5 Å². The molecular formula is C26H36N3O5+. The van der Waals surface area contributed by atoms with Crippen molar-refractivity contribution >= 4 is 11.9 Å². The van der Waals surface area contributed by atoms with Crippen LogP contribution in [-0.2, 0) is 17.6 Å². The molecule has 2 aromatic rings. The van der Waals surface area contributed by atoms with Crippen LogP contribution in [0.2, 0.25) is 0 Å². The Bertz CT molecular complexity index is 1030. The van der Waals surface area contributed by atoms with Crippen LogP contribution in [0.25, 0.3) is 0 Å². The Morgan fingerprint density at radius 2 is 1.79 bits per heavy atom. The third kappa shape index (κ3) is 5.75. The molecule has 1 aliphatic heterocycles. The summed E-state index contributed by atoms with van der Waals surface area (Å²) in [4.78, 5) is 25.3. The molecule has 8 heteroatoms. The number of carbonyl (C=O) groups is 2. The van der Waals surface area contributed by atoms with Crippen molar-refractivity contribution in [1.82, 2.24) is 5.32 Å². The SMILES string of the molecule is C[C@@H]1CCC[N+]1(C(N)=O)C(=O)Cc1cccc(CC(C)(C)NCC(O)c2cc(O)cc(O)c2)c1. The van der Waals surface area contributed by atoms with Crippen molar-refractivity contribution in [2.45, 2.75) is 64.1 Å². The van der Waals surface area contributed by atoms with Crippen LogP contribution >= 0.6 is 0 Å². The Kier molecular flexibility index (Phi) is 7.65. The molecule has 0 radical (unpaired) electrons. The van der Waals surface area contributed by atoms with Crippen LogP contribution in [0.5, 0.6) is 11.5 Å². The van der Waals surface area contributed by atoms with E-state index in [9.17, 15) is 24.9 Å². The van der Waals surface area contributed by atoms with Gasteiger partial charge in [0.2, 0.25) is 0 Å². The molecule has 0 spiro atoms. The number of hydrogen-bond acceptors (Lipinski definition) is 6. The van der Waals surface area contributed by atoms with Crippen LogP contribution in [0.15, 0.2) is 42.5 Å². The van der Waals surface area contributed by atoms with Crippen molar-refractivity contribution in [3.05, 3.63) is 59.2 Å². The minimum atomic E-state index is -0.905. The normalized spacial score (nSPS) is 21.4. The number of aliphatic hydroxyl groups excluding tert-OH is 1. The Labute approximate surface area is 200 Å². The van der Waals surface area contributed by atoms with E-state index in [-0.39, 0.29) is 46.4 Å². The lowest BCUT2D eigenvalue weighted by molar-refractivity contribution is -0.783. The zero-order chi connectivity index (χ0) is 25.1. The summed E-state index contributed by atoms with van der Waals surface area (Å²) in [6.45, 7) is 6.62. The van der Waals surface area contributed by atoms with Gasteiger partial charge in [0.15, 0.2) is 0 Å². The molecule has 3 rings (SSSR count). The number of carbonyl (C=O) groups excluding carboxylic acids is 2. The van der Waals surface area contributed by atoms with Crippen molar-refractivity contribution in [2.75, 3.05) is 13.1 Å². The van der Waals surface area contributed by atoms with Crippen LogP contribution < -0.4 is 11.1 Å². The Morgan fingerprint density at radius 1 is 1.15 bits per heavy atom. The molecule has 0 bridgehead atoms. The lowest BCUT2D eigenvalue weighted by Crippen LogP contribution is -2.61. The minimum Gasteiger partial charge on any atom is -0.508 e. The lowest BCUT2D eigenvalue weighted by Gasteiger charge is -2.31. The van der Waals surface area contributed by atoms with Gasteiger partial charge in [-0.05, 0) is 56.0 Å². The van der Waals surface area contributed by atoms with Crippen molar-refractivity contribution in [2.24, 2.45) is 5.73 Å². The third-order valence-electron chi connectivity index (χ3n) is 6.80. The van der Waals surface area contributed by atoms with Gasteiger partial charge in [0, 0.05) is 31.0 Å². The van der Waals surface area contributed by atoms with E-state index in [1.807, 2.05) is 45.0 Å². The Hall–Kier alpha value is -2.94. The smallest absolute Gasteiger partial charge is 0.421 e. The number of nitrogens with zero attached hydrogens (tertiary/aromatic N) is 1. The number of nitrogens with two attached hydrogens (primary N) is 1.